The maximum absolute atomic E-state index is 11.7. The van der Waals surface area contributed by atoms with Gasteiger partial charge in [-0.1, -0.05) is 13.8 Å². The molecule has 0 bridgehead atoms. The monoisotopic (exact) mass is 238 g/mol. The van der Waals surface area contributed by atoms with Crippen LogP contribution in [0.25, 0.3) is 0 Å². The van der Waals surface area contributed by atoms with Crippen LogP contribution in [-0.2, 0) is 0 Å². The smallest absolute Gasteiger partial charge is 0.255 e. The summed E-state index contributed by atoms with van der Waals surface area (Å²) >= 11 is 0. The number of benzene rings is 1. The Hall–Kier alpha value is -1.75. The second-order valence-corrected chi connectivity index (χ2v) is 4.32. The molecule has 0 spiro atoms. The minimum Gasteiger partial charge on any atom is -0.508 e. The normalized spacial score (nSPS) is 12.5. The van der Waals surface area contributed by atoms with Gasteiger partial charge in [0.25, 0.3) is 5.91 Å². The van der Waals surface area contributed by atoms with Gasteiger partial charge in [-0.25, -0.2) is 0 Å². The Labute approximate surface area is 100 Å². The Balaban J connectivity index is 2.64. The van der Waals surface area contributed by atoms with E-state index in [-0.39, 0.29) is 29.0 Å². The van der Waals surface area contributed by atoms with Crippen molar-refractivity contribution in [3.05, 3.63) is 23.8 Å². The summed E-state index contributed by atoms with van der Waals surface area (Å²) in [6, 6.07) is 3.70. The number of nitrogens with one attached hydrogen (secondary N) is 1. The highest BCUT2D eigenvalue weighted by molar-refractivity contribution is 5.97. The molecule has 5 nitrogen and oxygen atoms in total. The zero-order chi connectivity index (χ0) is 13.0. The predicted octanol–water partition coefficient (Wildman–Crippen LogP) is 0.811. The van der Waals surface area contributed by atoms with Gasteiger partial charge in [0, 0.05) is 18.7 Å². The van der Waals surface area contributed by atoms with Crippen LogP contribution in [0.3, 0.4) is 0 Å². The van der Waals surface area contributed by atoms with Gasteiger partial charge in [-0.05, 0) is 18.1 Å². The first-order chi connectivity index (χ1) is 7.91. The van der Waals surface area contributed by atoms with Crippen LogP contribution in [0, 0.1) is 5.92 Å². The summed E-state index contributed by atoms with van der Waals surface area (Å²) in [6.45, 7) is 4.28. The van der Waals surface area contributed by atoms with Crippen LogP contribution in [0.1, 0.15) is 24.2 Å². The number of hydrogen-bond acceptors (Lipinski definition) is 4. The third-order valence-electron chi connectivity index (χ3n) is 2.58. The summed E-state index contributed by atoms with van der Waals surface area (Å²) in [7, 11) is 0. The lowest BCUT2D eigenvalue weighted by molar-refractivity contribution is 0.0946. The van der Waals surface area contributed by atoms with Gasteiger partial charge in [0.15, 0.2) is 0 Å². The summed E-state index contributed by atoms with van der Waals surface area (Å²) in [5.41, 5.74) is 5.91. The van der Waals surface area contributed by atoms with Gasteiger partial charge >= 0.3 is 0 Å². The van der Waals surface area contributed by atoms with E-state index >= 15 is 0 Å². The maximum atomic E-state index is 11.7. The number of amides is 1. The molecule has 1 atom stereocenters. The van der Waals surface area contributed by atoms with Gasteiger partial charge in [0.1, 0.15) is 11.5 Å². The molecule has 94 valence electrons. The minimum atomic E-state index is -0.404. The van der Waals surface area contributed by atoms with E-state index < -0.39 is 5.91 Å². The van der Waals surface area contributed by atoms with Gasteiger partial charge in [0.05, 0.1) is 5.56 Å². The minimum absolute atomic E-state index is 0.0852. The summed E-state index contributed by atoms with van der Waals surface area (Å²) in [5.74, 6) is -0.471. The van der Waals surface area contributed by atoms with Crippen molar-refractivity contribution < 1.29 is 15.0 Å². The summed E-state index contributed by atoms with van der Waals surface area (Å²) in [4.78, 5) is 11.7. The molecule has 0 saturated heterocycles. The maximum Gasteiger partial charge on any atom is 0.255 e. The highest BCUT2D eigenvalue weighted by atomic mass is 16.3. The standard InChI is InChI=1S/C12H18N2O3/c1-7(2)10(13)6-14-12(17)9-4-3-8(15)5-11(9)16/h3-5,7,10,15-16H,6,13H2,1-2H3,(H,14,17). The molecule has 0 aromatic heterocycles. The molecule has 0 aliphatic carbocycles. The number of carbonyl (C=O) groups excluding carboxylic acids is 1. The molecule has 5 heteroatoms. The molecule has 0 aliphatic rings. The van der Waals surface area contributed by atoms with Gasteiger partial charge in [0.2, 0.25) is 0 Å². The molecule has 0 radical (unpaired) electrons. The van der Waals surface area contributed by atoms with E-state index in [1.807, 2.05) is 13.8 Å². The molecular weight excluding hydrogens is 220 g/mol. The first-order valence-corrected chi connectivity index (χ1v) is 5.47. The van der Waals surface area contributed by atoms with Crippen LogP contribution in [0.5, 0.6) is 11.5 Å². The molecule has 0 saturated carbocycles. The lowest BCUT2D eigenvalue weighted by Gasteiger charge is -2.16. The van der Waals surface area contributed by atoms with Crippen molar-refractivity contribution in [3.8, 4) is 11.5 Å². The highest BCUT2D eigenvalue weighted by Gasteiger charge is 2.13. The Morgan fingerprint density at radius 3 is 2.59 bits per heavy atom. The van der Waals surface area contributed by atoms with Crippen LogP contribution >= 0.6 is 0 Å². The fourth-order valence-corrected chi connectivity index (χ4v) is 1.25. The zero-order valence-electron chi connectivity index (χ0n) is 9.97. The highest BCUT2D eigenvalue weighted by Crippen LogP contribution is 2.22. The molecule has 0 aliphatic heterocycles. The number of carbonyl (C=O) groups is 1. The van der Waals surface area contributed by atoms with Gasteiger partial charge in [-0.3, -0.25) is 4.79 Å². The molecule has 1 unspecified atom stereocenters. The summed E-state index contributed by atoms with van der Waals surface area (Å²) in [5, 5.41) is 21.2. The molecule has 1 amide bonds. The van der Waals surface area contributed by atoms with E-state index in [0.717, 1.165) is 6.07 Å². The van der Waals surface area contributed by atoms with Crippen LogP contribution in [-0.4, -0.2) is 28.7 Å². The van der Waals surface area contributed by atoms with Crippen LogP contribution in [0.2, 0.25) is 0 Å². The van der Waals surface area contributed by atoms with Crippen LogP contribution < -0.4 is 11.1 Å². The Bertz CT molecular complexity index is 405. The van der Waals surface area contributed by atoms with Crippen LogP contribution in [0.4, 0.5) is 0 Å². The molecule has 17 heavy (non-hydrogen) atoms. The van der Waals surface area contributed by atoms with Crippen molar-refractivity contribution in [1.82, 2.24) is 5.32 Å². The third kappa shape index (κ3) is 3.64. The first-order valence-electron chi connectivity index (χ1n) is 5.47. The Morgan fingerprint density at radius 2 is 2.06 bits per heavy atom. The Kier molecular flexibility index (Phi) is 4.34. The van der Waals surface area contributed by atoms with Crippen molar-refractivity contribution in [2.75, 3.05) is 6.54 Å². The quantitative estimate of drug-likeness (QED) is 0.624. The second-order valence-electron chi connectivity index (χ2n) is 4.32. The molecular formula is C12H18N2O3. The largest absolute Gasteiger partial charge is 0.508 e. The number of phenolic OH excluding ortho intramolecular Hbond substituents is 2. The topological polar surface area (TPSA) is 95.6 Å². The first kappa shape index (κ1) is 13.3. The zero-order valence-corrected chi connectivity index (χ0v) is 9.97. The molecule has 0 fully saturated rings. The summed E-state index contributed by atoms with van der Waals surface area (Å²) in [6.07, 6.45) is 0. The molecule has 1 aromatic carbocycles. The SMILES string of the molecule is CC(C)C(N)CNC(=O)c1ccc(O)cc1O. The van der Waals surface area contributed by atoms with Crippen molar-refractivity contribution in [3.63, 3.8) is 0 Å². The molecule has 5 N–H and O–H groups in total. The van der Waals surface area contributed by atoms with Gasteiger partial charge < -0.3 is 21.3 Å². The predicted molar refractivity (Wildman–Crippen MR) is 64.9 cm³/mol. The fourth-order valence-electron chi connectivity index (χ4n) is 1.25. The van der Waals surface area contributed by atoms with Gasteiger partial charge in [-0.15, -0.1) is 0 Å². The van der Waals surface area contributed by atoms with Crippen molar-refractivity contribution in [1.29, 1.82) is 0 Å². The number of hydrogen-bond donors (Lipinski definition) is 4. The van der Waals surface area contributed by atoms with E-state index in [1.54, 1.807) is 0 Å². The van der Waals surface area contributed by atoms with Crippen molar-refractivity contribution >= 4 is 5.91 Å². The number of nitrogens with two attached hydrogens (primary N) is 1. The lowest BCUT2D eigenvalue weighted by atomic mass is 10.1. The van der Waals surface area contributed by atoms with Crippen molar-refractivity contribution in [2.45, 2.75) is 19.9 Å². The third-order valence-corrected chi connectivity index (χ3v) is 2.58. The van der Waals surface area contributed by atoms with Gasteiger partial charge in [-0.2, -0.15) is 0 Å². The summed E-state index contributed by atoms with van der Waals surface area (Å²) < 4.78 is 0. The van der Waals surface area contributed by atoms with E-state index in [0.29, 0.717) is 6.54 Å². The van der Waals surface area contributed by atoms with E-state index in [4.69, 9.17) is 10.8 Å². The fraction of sp³-hybridized carbons (Fsp3) is 0.417. The number of phenols is 2. The molecule has 0 heterocycles. The average Bonchev–Trinajstić information content (AvgIpc) is 2.25. The van der Waals surface area contributed by atoms with E-state index in [9.17, 15) is 9.90 Å². The van der Waals surface area contributed by atoms with Crippen LogP contribution in [0.15, 0.2) is 18.2 Å². The molecule has 1 aromatic rings. The van der Waals surface area contributed by atoms with E-state index in [1.165, 1.54) is 12.1 Å². The Morgan fingerprint density at radius 1 is 1.41 bits per heavy atom. The number of rotatable bonds is 4. The number of aromatic hydroxyl groups is 2. The average molecular weight is 238 g/mol. The van der Waals surface area contributed by atoms with Crippen molar-refractivity contribution in [2.24, 2.45) is 11.7 Å². The second kappa shape index (κ2) is 5.54. The lowest BCUT2D eigenvalue weighted by Crippen LogP contribution is -2.40. The molecule has 1 rings (SSSR count). The van der Waals surface area contributed by atoms with E-state index in [2.05, 4.69) is 5.32 Å².